The molecule has 2 nitrogen and oxygen atoms in total. The van der Waals surface area contributed by atoms with E-state index in [1.165, 1.54) is 0 Å². The zero-order valence-electron chi connectivity index (χ0n) is 7.59. The number of allylic oxidation sites excluding steroid dienone is 1. The lowest BCUT2D eigenvalue weighted by molar-refractivity contribution is 0.301. The van der Waals surface area contributed by atoms with Gasteiger partial charge in [0.05, 0.1) is 0 Å². The molecule has 2 heteroatoms. The molecule has 0 aliphatic carbocycles. The van der Waals surface area contributed by atoms with Gasteiger partial charge in [-0.05, 0) is 32.9 Å². The van der Waals surface area contributed by atoms with Crippen LogP contribution >= 0.6 is 0 Å². The fraction of sp³-hybridized carbons (Fsp3) is 0.600. The third-order valence-electron chi connectivity index (χ3n) is 2.16. The summed E-state index contributed by atoms with van der Waals surface area (Å²) in [7, 11) is 0. The SMILES string of the molecule is C#CN(/C=C\C)C1CCNCC1. The molecule has 1 N–H and O–H groups in total. The van der Waals surface area contributed by atoms with Crippen LogP contribution in [-0.2, 0) is 0 Å². The van der Waals surface area contributed by atoms with Gasteiger partial charge < -0.3 is 10.2 Å². The summed E-state index contributed by atoms with van der Waals surface area (Å²) in [5.74, 6) is 0. The maximum absolute atomic E-state index is 5.39. The van der Waals surface area contributed by atoms with Crippen LogP contribution in [0.3, 0.4) is 0 Å². The lowest BCUT2D eigenvalue weighted by atomic mass is 10.1. The van der Waals surface area contributed by atoms with Gasteiger partial charge in [-0.2, -0.15) is 0 Å². The molecule has 0 amide bonds. The van der Waals surface area contributed by atoms with Gasteiger partial charge in [0.2, 0.25) is 0 Å². The Kier molecular flexibility index (Phi) is 3.69. The molecule has 0 aromatic carbocycles. The topological polar surface area (TPSA) is 15.3 Å². The second kappa shape index (κ2) is 4.84. The molecule has 1 heterocycles. The highest BCUT2D eigenvalue weighted by molar-refractivity contribution is 4.99. The molecule has 1 aliphatic heterocycles. The van der Waals surface area contributed by atoms with E-state index >= 15 is 0 Å². The first kappa shape index (κ1) is 9.15. The van der Waals surface area contributed by atoms with Crippen LogP contribution in [0.5, 0.6) is 0 Å². The van der Waals surface area contributed by atoms with E-state index in [9.17, 15) is 0 Å². The summed E-state index contributed by atoms with van der Waals surface area (Å²) in [4.78, 5) is 1.97. The summed E-state index contributed by atoms with van der Waals surface area (Å²) in [5.41, 5.74) is 0. The molecular formula is C10H16N2. The summed E-state index contributed by atoms with van der Waals surface area (Å²) in [6.45, 7) is 4.16. The molecular weight excluding hydrogens is 148 g/mol. The number of hydrogen-bond acceptors (Lipinski definition) is 2. The predicted octanol–water partition coefficient (Wildman–Crippen LogP) is 1.16. The molecule has 0 aromatic rings. The van der Waals surface area contributed by atoms with E-state index < -0.39 is 0 Å². The molecule has 0 radical (unpaired) electrons. The fourth-order valence-electron chi connectivity index (χ4n) is 1.52. The van der Waals surface area contributed by atoms with Crippen LogP contribution < -0.4 is 5.32 Å². The van der Waals surface area contributed by atoms with E-state index in [2.05, 4.69) is 11.4 Å². The normalized spacial score (nSPS) is 19.3. The highest BCUT2D eigenvalue weighted by Gasteiger charge is 2.16. The van der Waals surface area contributed by atoms with Crippen molar-refractivity contribution >= 4 is 0 Å². The van der Waals surface area contributed by atoms with Crippen molar-refractivity contribution in [1.29, 1.82) is 0 Å². The molecule has 66 valence electrons. The smallest absolute Gasteiger partial charge is 0.0443 e. The zero-order valence-corrected chi connectivity index (χ0v) is 7.59. The van der Waals surface area contributed by atoms with E-state index in [4.69, 9.17) is 6.42 Å². The number of nitrogens with one attached hydrogen (secondary N) is 1. The first-order valence-corrected chi connectivity index (χ1v) is 4.46. The van der Waals surface area contributed by atoms with Crippen molar-refractivity contribution in [1.82, 2.24) is 10.2 Å². The van der Waals surface area contributed by atoms with E-state index in [1.54, 1.807) is 0 Å². The highest BCUT2D eigenvalue weighted by atomic mass is 15.1. The Labute approximate surface area is 74.6 Å². The standard InChI is InChI=1S/C10H16N2/c1-3-9-12(4-2)10-5-7-11-8-6-10/h2-3,9-11H,5-8H2,1H3/b9-3-. The lowest BCUT2D eigenvalue weighted by Gasteiger charge is -2.29. The number of terminal acetylenes is 1. The third-order valence-corrected chi connectivity index (χ3v) is 2.16. The van der Waals surface area contributed by atoms with Crippen LogP contribution in [0.2, 0.25) is 0 Å². The molecule has 1 fully saturated rings. The molecule has 0 spiro atoms. The Hall–Kier alpha value is -0.940. The highest BCUT2D eigenvalue weighted by Crippen LogP contribution is 2.10. The summed E-state index contributed by atoms with van der Waals surface area (Å²) < 4.78 is 0. The van der Waals surface area contributed by atoms with Crippen molar-refractivity contribution in [3.63, 3.8) is 0 Å². The molecule has 1 saturated heterocycles. The summed E-state index contributed by atoms with van der Waals surface area (Å²) in [6, 6.07) is 3.23. The average molecular weight is 164 g/mol. The maximum Gasteiger partial charge on any atom is 0.0443 e. The van der Waals surface area contributed by atoms with Gasteiger partial charge >= 0.3 is 0 Å². The van der Waals surface area contributed by atoms with Gasteiger partial charge in [-0.3, -0.25) is 0 Å². The van der Waals surface area contributed by atoms with Crippen LogP contribution in [0.15, 0.2) is 12.3 Å². The zero-order chi connectivity index (χ0) is 8.81. The Morgan fingerprint density at radius 3 is 2.67 bits per heavy atom. The van der Waals surface area contributed by atoms with Crippen molar-refractivity contribution in [2.75, 3.05) is 13.1 Å². The van der Waals surface area contributed by atoms with Crippen molar-refractivity contribution in [2.45, 2.75) is 25.8 Å². The van der Waals surface area contributed by atoms with Crippen LogP contribution in [0, 0.1) is 12.5 Å². The van der Waals surface area contributed by atoms with Gasteiger partial charge in [0.1, 0.15) is 0 Å². The average Bonchev–Trinajstić information content (AvgIpc) is 2.15. The largest absolute Gasteiger partial charge is 0.317 e. The van der Waals surface area contributed by atoms with Crippen molar-refractivity contribution in [3.05, 3.63) is 12.3 Å². The number of nitrogens with zero attached hydrogens (tertiary/aromatic N) is 1. The second-order valence-electron chi connectivity index (χ2n) is 3.00. The van der Waals surface area contributed by atoms with Gasteiger partial charge in [0.15, 0.2) is 0 Å². The van der Waals surface area contributed by atoms with Gasteiger partial charge in [-0.25, -0.2) is 0 Å². The summed E-state index contributed by atoms with van der Waals surface area (Å²) in [6.07, 6.45) is 11.7. The Balaban J connectivity index is 2.47. The predicted molar refractivity (Wildman–Crippen MR) is 51.4 cm³/mol. The minimum absolute atomic E-state index is 0.535. The third kappa shape index (κ3) is 2.28. The van der Waals surface area contributed by atoms with Crippen molar-refractivity contribution in [2.24, 2.45) is 0 Å². The van der Waals surface area contributed by atoms with Crippen molar-refractivity contribution in [3.8, 4) is 12.5 Å². The van der Waals surface area contributed by atoms with Crippen molar-refractivity contribution < 1.29 is 0 Å². The fourth-order valence-corrected chi connectivity index (χ4v) is 1.52. The minimum atomic E-state index is 0.535. The number of rotatable bonds is 2. The number of hydrogen-bond donors (Lipinski definition) is 1. The molecule has 0 bridgehead atoms. The van der Waals surface area contributed by atoms with E-state index in [0.29, 0.717) is 6.04 Å². The van der Waals surface area contributed by atoms with Crippen LogP contribution in [0.1, 0.15) is 19.8 Å². The van der Waals surface area contributed by atoms with Gasteiger partial charge in [-0.15, -0.1) is 0 Å². The van der Waals surface area contributed by atoms with Crippen LogP contribution in [-0.4, -0.2) is 24.0 Å². The molecule has 0 aromatic heterocycles. The maximum atomic E-state index is 5.39. The molecule has 1 rings (SSSR count). The minimum Gasteiger partial charge on any atom is -0.317 e. The van der Waals surface area contributed by atoms with E-state index in [1.807, 2.05) is 24.1 Å². The van der Waals surface area contributed by atoms with Gasteiger partial charge in [0.25, 0.3) is 0 Å². The quantitative estimate of drug-likeness (QED) is 0.487. The summed E-state index contributed by atoms with van der Waals surface area (Å²) in [5, 5.41) is 3.32. The van der Waals surface area contributed by atoms with Gasteiger partial charge in [0, 0.05) is 18.3 Å². The van der Waals surface area contributed by atoms with Gasteiger partial charge in [-0.1, -0.05) is 12.5 Å². The summed E-state index contributed by atoms with van der Waals surface area (Å²) >= 11 is 0. The first-order valence-electron chi connectivity index (χ1n) is 4.46. The molecule has 0 saturated carbocycles. The Morgan fingerprint density at radius 1 is 1.50 bits per heavy atom. The molecule has 0 atom stereocenters. The molecule has 0 unspecified atom stereocenters. The second-order valence-corrected chi connectivity index (χ2v) is 3.00. The van der Waals surface area contributed by atoms with Crippen LogP contribution in [0.25, 0.3) is 0 Å². The first-order chi connectivity index (χ1) is 5.88. The van der Waals surface area contributed by atoms with Crippen LogP contribution in [0.4, 0.5) is 0 Å². The molecule has 12 heavy (non-hydrogen) atoms. The number of piperidine rings is 1. The monoisotopic (exact) mass is 164 g/mol. The Bertz CT molecular complexity index is 185. The van der Waals surface area contributed by atoms with E-state index in [-0.39, 0.29) is 0 Å². The Morgan fingerprint density at radius 2 is 2.17 bits per heavy atom. The van der Waals surface area contributed by atoms with E-state index in [0.717, 1.165) is 25.9 Å². The molecule has 1 aliphatic rings. The lowest BCUT2D eigenvalue weighted by Crippen LogP contribution is -2.38.